The lowest BCUT2D eigenvalue weighted by Crippen LogP contribution is -2.53. The van der Waals surface area contributed by atoms with Crippen molar-refractivity contribution in [1.82, 2.24) is 0 Å². The molecule has 0 unspecified atom stereocenters. The molecular weight excluding hydrogens is 344 g/mol. The van der Waals surface area contributed by atoms with E-state index in [1.807, 2.05) is 36.4 Å². The Morgan fingerprint density at radius 3 is 0.964 bits per heavy atom. The topological polar surface area (TPSA) is 18.5 Å². The molecule has 1 aliphatic carbocycles. The second kappa shape index (κ2) is 5.65. The van der Waals surface area contributed by atoms with E-state index in [1.54, 1.807) is 0 Å². The fraction of sp³-hybridized carbons (Fsp3) is 0.0769. The first-order valence-corrected chi connectivity index (χ1v) is 9.55. The summed E-state index contributed by atoms with van der Waals surface area (Å²) >= 11 is 0. The average molecular weight is 362 g/mol. The molecule has 28 heavy (non-hydrogen) atoms. The van der Waals surface area contributed by atoms with Gasteiger partial charge < -0.3 is 0 Å². The Balaban J connectivity index is 1.77. The lowest BCUT2D eigenvalue weighted by Gasteiger charge is -2.53. The molecule has 2 aliphatic heterocycles. The lowest BCUT2D eigenvalue weighted by molar-refractivity contribution is -0.410. The van der Waals surface area contributed by atoms with Crippen LogP contribution in [0.4, 0.5) is 0 Å². The highest BCUT2D eigenvalue weighted by atomic mass is 17.2. The van der Waals surface area contributed by atoms with Crippen LogP contribution in [-0.4, -0.2) is 0 Å². The minimum absolute atomic E-state index is 0.773. The summed E-state index contributed by atoms with van der Waals surface area (Å²) in [6.07, 6.45) is 0. The van der Waals surface area contributed by atoms with Crippen LogP contribution in [0.5, 0.6) is 0 Å². The third-order valence-electron chi connectivity index (χ3n) is 6.02. The van der Waals surface area contributed by atoms with Gasteiger partial charge in [-0.15, -0.1) is 0 Å². The molecule has 4 aromatic rings. The van der Waals surface area contributed by atoms with Gasteiger partial charge in [-0.1, -0.05) is 109 Å². The zero-order chi connectivity index (χ0) is 18.6. The molecule has 0 spiro atoms. The van der Waals surface area contributed by atoms with E-state index in [0.717, 1.165) is 33.4 Å². The van der Waals surface area contributed by atoms with Crippen molar-refractivity contribution in [2.75, 3.05) is 0 Å². The summed E-state index contributed by atoms with van der Waals surface area (Å²) in [6.45, 7) is 0. The van der Waals surface area contributed by atoms with E-state index < -0.39 is 11.2 Å². The number of fused-ring (bicyclic) bond motifs is 1. The smallest absolute Gasteiger partial charge is 0.179 e. The summed E-state index contributed by atoms with van der Waals surface area (Å²) in [5.41, 5.74) is 5.12. The molecule has 0 amide bonds. The summed E-state index contributed by atoms with van der Waals surface area (Å²) in [7, 11) is 0. The van der Waals surface area contributed by atoms with Gasteiger partial charge in [0, 0.05) is 22.3 Å². The van der Waals surface area contributed by atoms with E-state index in [-0.39, 0.29) is 0 Å². The Morgan fingerprint density at radius 1 is 0.357 bits per heavy atom. The Labute approximate surface area is 163 Å². The summed E-state index contributed by atoms with van der Waals surface area (Å²) in [5, 5.41) is 0. The van der Waals surface area contributed by atoms with Crippen molar-refractivity contribution in [3.8, 4) is 0 Å². The van der Waals surface area contributed by atoms with Gasteiger partial charge in [0.25, 0.3) is 0 Å². The molecule has 0 aromatic heterocycles. The molecule has 2 heteroatoms. The maximum absolute atomic E-state index is 6.36. The minimum Gasteiger partial charge on any atom is -0.214 e. The first-order chi connectivity index (χ1) is 13.9. The lowest BCUT2D eigenvalue weighted by atomic mass is 9.62. The molecule has 3 aliphatic rings. The molecule has 4 aromatic carbocycles. The van der Waals surface area contributed by atoms with Crippen LogP contribution in [-0.2, 0) is 21.0 Å². The molecule has 7 rings (SSSR count). The van der Waals surface area contributed by atoms with E-state index in [1.165, 1.54) is 0 Å². The van der Waals surface area contributed by atoms with Gasteiger partial charge in [-0.3, -0.25) is 0 Å². The van der Waals surface area contributed by atoms with Crippen molar-refractivity contribution >= 4 is 0 Å². The fourth-order valence-corrected chi connectivity index (χ4v) is 4.85. The van der Waals surface area contributed by atoms with Gasteiger partial charge in [0.15, 0.2) is 11.2 Å². The molecule has 2 heterocycles. The van der Waals surface area contributed by atoms with Crippen molar-refractivity contribution in [2.45, 2.75) is 11.2 Å². The third kappa shape index (κ3) is 1.79. The first kappa shape index (κ1) is 15.8. The third-order valence-corrected chi connectivity index (χ3v) is 6.02. The van der Waals surface area contributed by atoms with Crippen LogP contribution < -0.4 is 0 Å². The van der Waals surface area contributed by atoms with E-state index in [0.29, 0.717) is 0 Å². The van der Waals surface area contributed by atoms with E-state index in [9.17, 15) is 0 Å². The van der Waals surface area contributed by atoms with E-state index in [4.69, 9.17) is 9.78 Å². The number of hydrogen-bond acceptors (Lipinski definition) is 2. The van der Waals surface area contributed by atoms with Crippen LogP contribution in [0.3, 0.4) is 0 Å². The number of benzene rings is 4. The highest BCUT2D eigenvalue weighted by Crippen LogP contribution is 2.60. The fourth-order valence-electron chi connectivity index (χ4n) is 4.85. The monoisotopic (exact) mass is 362 g/mol. The quantitative estimate of drug-likeness (QED) is 0.436. The SMILES string of the molecule is c1ccc(C23OOC(c4ccccc4)(c4ccccc42)c2ccccc23)cc1. The Hall–Kier alpha value is -3.20. The second-order valence-corrected chi connectivity index (χ2v) is 7.35. The maximum atomic E-state index is 6.36. The molecule has 2 bridgehead atoms. The zero-order valence-corrected chi connectivity index (χ0v) is 15.2. The molecule has 0 fully saturated rings. The molecular formula is C26H18O2. The maximum Gasteiger partial charge on any atom is 0.179 e. The minimum atomic E-state index is -0.773. The normalized spacial score (nSPS) is 24.4. The summed E-state index contributed by atoms with van der Waals surface area (Å²) in [5.74, 6) is 0. The molecule has 0 N–H and O–H groups in total. The predicted molar refractivity (Wildman–Crippen MR) is 108 cm³/mol. The Kier molecular flexibility index (Phi) is 3.19. The largest absolute Gasteiger partial charge is 0.214 e. The zero-order valence-electron chi connectivity index (χ0n) is 15.2. The molecule has 134 valence electrons. The molecule has 0 saturated heterocycles. The standard InChI is InChI=1S/C26H18O2/c1-3-11-19(12-4-1)25-21-15-7-9-17-23(21)26(28-27-25,20-13-5-2-6-14-20)24-18-10-8-16-22(24)25/h1-18H. The van der Waals surface area contributed by atoms with Crippen LogP contribution in [0.25, 0.3) is 0 Å². The predicted octanol–water partition coefficient (Wildman–Crippen LogP) is 5.55. The summed E-state index contributed by atoms with van der Waals surface area (Å²) < 4.78 is 0. The molecule has 0 saturated carbocycles. The van der Waals surface area contributed by atoms with Gasteiger partial charge in [-0.05, 0) is 11.1 Å². The molecule has 0 radical (unpaired) electrons. The Bertz CT molecular complexity index is 1020. The van der Waals surface area contributed by atoms with Gasteiger partial charge >= 0.3 is 0 Å². The van der Waals surface area contributed by atoms with Crippen molar-refractivity contribution in [3.05, 3.63) is 143 Å². The van der Waals surface area contributed by atoms with Crippen LogP contribution in [0.2, 0.25) is 0 Å². The summed E-state index contributed by atoms with van der Waals surface area (Å²) in [6, 6.07) is 37.7. The first-order valence-electron chi connectivity index (χ1n) is 9.55. The van der Waals surface area contributed by atoms with Crippen molar-refractivity contribution < 1.29 is 9.78 Å². The van der Waals surface area contributed by atoms with Gasteiger partial charge in [0.05, 0.1) is 0 Å². The van der Waals surface area contributed by atoms with Crippen molar-refractivity contribution in [3.63, 3.8) is 0 Å². The van der Waals surface area contributed by atoms with Crippen LogP contribution in [0, 0.1) is 0 Å². The Morgan fingerprint density at radius 2 is 0.643 bits per heavy atom. The highest BCUT2D eigenvalue weighted by Gasteiger charge is 2.60. The summed E-state index contributed by atoms with van der Waals surface area (Å²) in [4.78, 5) is 12.7. The van der Waals surface area contributed by atoms with Crippen LogP contribution in [0.15, 0.2) is 109 Å². The van der Waals surface area contributed by atoms with E-state index in [2.05, 4.69) is 72.8 Å². The van der Waals surface area contributed by atoms with Gasteiger partial charge in [0.1, 0.15) is 0 Å². The van der Waals surface area contributed by atoms with Crippen molar-refractivity contribution in [1.29, 1.82) is 0 Å². The van der Waals surface area contributed by atoms with Crippen LogP contribution >= 0.6 is 0 Å². The van der Waals surface area contributed by atoms with Crippen LogP contribution in [0.1, 0.15) is 33.4 Å². The van der Waals surface area contributed by atoms with Gasteiger partial charge in [-0.2, -0.15) is 0 Å². The number of hydrogen-bond donors (Lipinski definition) is 0. The molecule has 2 nitrogen and oxygen atoms in total. The average Bonchev–Trinajstić information content (AvgIpc) is 2.80. The highest BCUT2D eigenvalue weighted by molar-refractivity contribution is 5.66. The molecule has 0 atom stereocenters. The van der Waals surface area contributed by atoms with Crippen molar-refractivity contribution in [2.24, 2.45) is 0 Å². The second-order valence-electron chi connectivity index (χ2n) is 7.35. The van der Waals surface area contributed by atoms with Gasteiger partial charge in [0.2, 0.25) is 0 Å². The van der Waals surface area contributed by atoms with Gasteiger partial charge in [-0.25, -0.2) is 9.78 Å². The number of rotatable bonds is 2. The van der Waals surface area contributed by atoms with E-state index >= 15 is 0 Å².